The fraction of sp³-hybridized carbons (Fsp3) is 0.148. The van der Waals surface area contributed by atoms with Gasteiger partial charge >= 0.3 is 0 Å². The first-order valence-corrected chi connectivity index (χ1v) is 10.3. The standard InChI is InChI=1S/C27H25NO4/c1-29-24-17-26(31-3)25(30-2)16-21(24)13-15-22-14-12-20-10-7-11-23(27(20)28-22)32-18-19-8-5-4-6-9-19/h4-17H,18H2,1-3H3/b15-13-. The zero-order chi connectivity index (χ0) is 22.3. The lowest BCUT2D eigenvalue weighted by Crippen LogP contribution is -1.97. The first-order valence-electron chi connectivity index (χ1n) is 10.3. The Kier molecular flexibility index (Phi) is 6.56. The first-order chi connectivity index (χ1) is 15.7. The topological polar surface area (TPSA) is 49.8 Å². The van der Waals surface area contributed by atoms with Crippen LogP contribution in [0.2, 0.25) is 0 Å². The van der Waals surface area contributed by atoms with Gasteiger partial charge in [0.25, 0.3) is 0 Å². The Morgan fingerprint density at radius 1 is 0.688 bits per heavy atom. The highest BCUT2D eigenvalue weighted by molar-refractivity contribution is 5.86. The monoisotopic (exact) mass is 427 g/mol. The second-order valence-electron chi connectivity index (χ2n) is 7.12. The molecule has 0 N–H and O–H groups in total. The van der Waals surface area contributed by atoms with Crippen molar-refractivity contribution in [3.63, 3.8) is 0 Å². The molecule has 0 radical (unpaired) electrons. The molecule has 0 fully saturated rings. The average Bonchev–Trinajstić information content (AvgIpc) is 2.86. The summed E-state index contributed by atoms with van der Waals surface area (Å²) in [5.74, 6) is 2.69. The molecule has 5 nitrogen and oxygen atoms in total. The molecule has 0 atom stereocenters. The Hall–Kier alpha value is -3.99. The van der Waals surface area contributed by atoms with E-state index in [1.165, 1.54) is 0 Å². The number of pyridine rings is 1. The summed E-state index contributed by atoms with van der Waals surface area (Å²) in [5, 5.41) is 1.02. The Morgan fingerprint density at radius 3 is 2.19 bits per heavy atom. The van der Waals surface area contributed by atoms with Crippen LogP contribution in [-0.4, -0.2) is 26.3 Å². The van der Waals surface area contributed by atoms with Crippen LogP contribution in [0.5, 0.6) is 23.0 Å². The number of nitrogens with zero attached hydrogens (tertiary/aromatic N) is 1. The summed E-state index contributed by atoms with van der Waals surface area (Å²) in [4.78, 5) is 4.83. The van der Waals surface area contributed by atoms with E-state index in [-0.39, 0.29) is 0 Å². The predicted octanol–water partition coefficient (Wildman–Crippen LogP) is 6.01. The predicted molar refractivity (Wildman–Crippen MR) is 128 cm³/mol. The molecule has 0 amide bonds. The number of fused-ring (bicyclic) bond motifs is 1. The minimum Gasteiger partial charge on any atom is -0.496 e. The normalized spacial score (nSPS) is 11.0. The molecule has 32 heavy (non-hydrogen) atoms. The molecule has 3 aromatic carbocycles. The molecule has 162 valence electrons. The zero-order valence-electron chi connectivity index (χ0n) is 18.4. The Morgan fingerprint density at radius 2 is 1.44 bits per heavy atom. The summed E-state index contributed by atoms with van der Waals surface area (Å²) < 4.78 is 22.4. The average molecular weight is 428 g/mol. The van der Waals surface area contributed by atoms with E-state index in [4.69, 9.17) is 23.9 Å². The van der Waals surface area contributed by atoms with Crippen molar-refractivity contribution in [2.24, 2.45) is 0 Å². The summed E-state index contributed by atoms with van der Waals surface area (Å²) in [6.45, 7) is 0.491. The number of aromatic nitrogens is 1. The van der Waals surface area contributed by atoms with Gasteiger partial charge in [0.1, 0.15) is 23.6 Å². The van der Waals surface area contributed by atoms with Crippen molar-refractivity contribution in [3.05, 3.63) is 89.6 Å². The van der Waals surface area contributed by atoms with Gasteiger partial charge in [0.2, 0.25) is 0 Å². The lowest BCUT2D eigenvalue weighted by molar-refractivity contribution is 0.309. The zero-order valence-corrected chi connectivity index (χ0v) is 18.4. The molecular formula is C27H25NO4. The van der Waals surface area contributed by atoms with Crippen molar-refractivity contribution in [2.45, 2.75) is 6.61 Å². The van der Waals surface area contributed by atoms with Crippen molar-refractivity contribution in [1.82, 2.24) is 4.98 Å². The highest BCUT2D eigenvalue weighted by Gasteiger charge is 2.10. The van der Waals surface area contributed by atoms with E-state index in [2.05, 4.69) is 0 Å². The Balaban J connectivity index is 1.63. The maximum Gasteiger partial charge on any atom is 0.164 e. The van der Waals surface area contributed by atoms with Crippen LogP contribution < -0.4 is 18.9 Å². The van der Waals surface area contributed by atoms with Crippen LogP contribution in [0.4, 0.5) is 0 Å². The summed E-state index contributed by atoms with van der Waals surface area (Å²) in [5.41, 5.74) is 3.61. The molecular weight excluding hydrogens is 402 g/mol. The lowest BCUT2D eigenvalue weighted by Gasteiger charge is -2.12. The second kappa shape index (κ2) is 9.88. The van der Waals surface area contributed by atoms with Crippen molar-refractivity contribution in [3.8, 4) is 23.0 Å². The van der Waals surface area contributed by atoms with Gasteiger partial charge in [-0.3, -0.25) is 0 Å². The van der Waals surface area contributed by atoms with Gasteiger partial charge in [-0.15, -0.1) is 0 Å². The fourth-order valence-electron chi connectivity index (χ4n) is 3.44. The molecule has 0 bridgehead atoms. The van der Waals surface area contributed by atoms with E-state index >= 15 is 0 Å². The number of rotatable bonds is 8. The minimum atomic E-state index is 0.491. The maximum atomic E-state index is 6.08. The van der Waals surface area contributed by atoms with Gasteiger partial charge < -0.3 is 18.9 Å². The Labute approximate surface area is 187 Å². The van der Waals surface area contributed by atoms with Crippen molar-refractivity contribution in [2.75, 3.05) is 21.3 Å². The fourth-order valence-corrected chi connectivity index (χ4v) is 3.44. The van der Waals surface area contributed by atoms with Crippen LogP contribution in [0.3, 0.4) is 0 Å². The molecule has 0 unspecified atom stereocenters. The van der Waals surface area contributed by atoms with E-state index < -0.39 is 0 Å². The number of ether oxygens (including phenoxy) is 4. The van der Waals surface area contributed by atoms with E-state index in [0.29, 0.717) is 23.9 Å². The highest BCUT2D eigenvalue weighted by Crippen LogP contribution is 2.35. The third-order valence-electron chi connectivity index (χ3n) is 5.11. The van der Waals surface area contributed by atoms with Gasteiger partial charge in [-0.05, 0) is 35.9 Å². The van der Waals surface area contributed by atoms with Crippen LogP contribution in [0.1, 0.15) is 16.8 Å². The lowest BCUT2D eigenvalue weighted by atomic mass is 10.1. The van der Waals surface area contributed by atoms with Crippen molar-refractivity contribution < 1.29 is 18.9 Å². The molecule has 0 aliphatic heterocycles. The van der Waals surface area contributed by atoms with Crippen LogP contribution in [0, 0.1) is 0 Å². The molecule has 5 heteroatoms. The molecule has 1 heterocycles. The number of hydrogen-bond acceptors (Lipinski definition) is 5. The summed E-state index contributed by atoms with van der Waals surface area (Å²) in [6.07, 6.45) is 3.89. The number of benzene rings is 3. The number of hydrogen-bond donors (Lipinski definition) is 0. The second-order valence-corrected chi connectivity index (χ2v) is 7.12. The van der Waals surface area contributed by atoms with Crippen LogP contribution in [0.25, 0.3) is 23.1 Å². The van der Waals surface area contributed by atoms with Gasteiger partial charge in [0.15, 0.2) is 11.5 Å². The van der Waals surface area contributed by atoms with Crippen LogP contribution in [-0.2, 0) is 6.61 Å². The van der Waals surface area contributed by atoms with Gasteiger partial charge in [-0.2, -0.15) is 0 Å². The Bertz CT molecular complexity index is 1240. The van der Waals surface area contributed by atoms with Crippen LogP contribution >= 0.6 is 0 Å². The smallest absolute Gasteiger partial charge is 0.164 e. The highest BCUT2D eigenvalue weighted by atomic mass is 16.5. The summed E-state index contributed by atoms with van der Waals surface area (Å²) >= 11 is 0. The minimum absolute atomic E-state index is 0.491. The van der Waals surface area contributed by atoms with Crippen LogP contribution in [0.15, 0.2) is 72.8 Å². The molecule has 1 aromatic heterocycles. The van der Waals surface area contributed by atoms with E-state index in [1.807, 2.05) is 84.9 Å². The van der Waals surface area contributed by atoms with E-state index in [9.17, 15) is 0 Å². The molecule has 4 rings (SSSR count). The molecule has 0 aliphatic carbocycles. The molecule has 0 spiro atoms. The van der Waals surface area contributed by atoms with E-state index in [1.54, 1.807) is 21.3 Å². The molecule has 0 saturated carbocycles. The van der Waals surface area contributed by atoms with Gasteiger partial charge in [-0.25, -0.2) is 4.98 Å². The summed E-state index contributed by atoms with van der Waals surface area (Å²) in [6, 6.07) is 23.8. The largest absolute Gasteiger partial charge is 0.496 e. The molecule has 0 saturated heterocycles. The summed E-state index contributed by atoms with van der Waals surface area (Å²) in [7, 11) is 4.84. The quantitative estimate of drug-likeness (QED) is 0.345. The molecule has 4 aromatic rings. The van der Waals surface area contributed by atoms with E-state index in [0.717, 1.165) is 33.5 Å². The number of methoxy groups -OCH3 is 3. The van der Waals surface area contributed by atoms with Crippen molar-refractivity contribution >= 4 is 23.1 Å². The maximum absolute atomic E-state index is 6.08. The molecule has 0 aliphatic rings. The third-order valence-corrected chi connectivity index (χ3v) is 5.11. The van der Waals surface area contributed by atoms with Gasteiger partial charge in [-0.1, -0.05) is 48.5 Å². The van der Waals surface area contributed by atoms with Gasteiger partial charge in [0.05, 0.1) is 27.0 Å². The SMILES string of the molecule is COc1cc(OC)c(OC)cc1/C=C\c1ccc2cccc(OCc3ccccc3)c2n1. The first kappa shape index (κ1) is 21.2. The third kappa shape index (κ3) is 4.67. The van der Waals surface area contributed by atoms with Gasteiger partial charge in [0, 0.05) is 17.0 Å². The van der Waals surface area contributed by atoms with Crippen molar-refractivity contribution in [1.29, 1.82) is 0 Å². The number of para-hydroxylation sites is 1.